The van der Waals surface area contributed by atoms with Gasteiger partial charge in [-0.15, -0.1) is 0 Å². The Bertz CT molecular complexity index is 295. The van der Waals surface area contributed by atoms with Crippen LogP contribution in [0, 0.1) is 0 Å². The predicted octanol–water partition coefficient (Wildman–Crippen LogP) is 1.47. The molecule has 0 aromatic rings. The number of thiocarbonyl (C=S) groups is 1. The molecule has 0 bridgehead atoms. The van der Waals surface area contributed by atoms with Crippen LogP contribution >= 0.6 is 12.2 Å². The maximum absolute atomic E-state index is 12.2. The van der Waals surface area contributed by atoms with Crippen LogP contribution in [0.3, 0.4) is 0 Å². The Morgan fingerprint density at radius 2 is 2.12 bits per heavy atom. The van der Waals surface area contributed by atoms with Gasteiger partial charge in [-0.2, -0.15) is 0 Å². The zero-order valence-corrected chi connectivity index (χ0v) is 11.7. The van der Waals surface area contributed by atoms with Crippen molar-refractivity contribution in [3.8, 4) is 0 Å². The molecule has 0 spiro atoms. The molecule has 0 atom stereocenters. The number of ether oxygens (including phenoxy) is 1. The third-order valence-electron chi connectivity index (χ3n) is 3.44. The van der Waals surface area contributed by atoms with E-state index in [1.807, 2.05) is 13.8 Å². The van der Waals surface area contributed by atoms with Crippen molar-refractivity contribution in [3.05, 3.63) is 0 Å². The fraction of sp³-hybridized carbons (Fsp3) is 0.833. The Balaban J connectivity index is 2.61. The van der Waals surface area contributed by atoms with Crippen molar-refractivity contribution in [2.24, 2.45) is 5.73 Å². The molecule has 0 unspecified atom stereocenters. The number of nitrogens with zero attached hydrogens (tertiary/aromatic N) is 1. The zero-order chi connectivity index (χ0) is 13.1. The van der Waals surface area contributed by atoms with Crippen LogP contribution in [-0.4, -0.2) is 41.1 Å². The monoisotopic (exact) mass is 258 g/mol. The second-order valence-electron chi connectivity index (χ2n) is 5.00. The molecular weight excluding hydrogens is 236 g/mol. The summed E-state index contributed by atoms with van der Waals surface area (Å²) in [6.45, 7) is 4.29. The molecule has 0 radical (unpaired) electrons. The first-order valence-corrected chi connectivity index (χ1v) is 6.44. The summed E-state index contributed by atoms with van der Waals surface area (Å²) in [4.78, 5) is 14.3. The van der Waals surface area contributed by atoms with E-state index in [9.17, 15) is 4.79 Å². The number of hydrogen-bond acceptors (Lipinski definition) is 3. The third-order valence-corrected chi connectivity index (χ3v) is 3.57. The van der Waals surface area contributed by atoms with E-state index < -0.39 is 0 Å². The molecule has 98 valence electrons. The van der Waals surface area contributed by atoms with Gasteiger partial charge in [-0.1, -0.05) is 12.2 Å². The lowest BCUT2D eigenvalue weighted by Gasteiger charge is -2.41. The molecule has 1 rings (SSSR count). The quantitative estimate of drug-likeness (QED) is 0.733. The fourth-order valence-corrected chi connectivity index (χ4v) is 2.27. The summed E-state index contributed by atoms with van der Waals surface area (Å²) >= 11 is 4.88. The van der Waals surface area contributed by atoms with Crippen LogP contribution in [0.4, 0.5) is 0 Å². The average molecular weight is 258 g/mol. The number of hydrogen-bond donors (Lipinski definition) is 1. The van der Waals surface area contributed by atoms with Crippen LogP contribution in [0.2, 0.25) is 0 Å². The minimum absolute atomic E-state index is 0.0781. The molecule has 17 heavy (non-hydrogen) atoms. The Morgan fingerprint density at radius 3 is 2.41 bits per heavy atom. The highest BCUT2D eigenvalue weighted by molar-refractivity contribution is 7.80. The van der Waals surface area contributed by atoms with E-state index in [-0.39, 0.29) is 17.6 Å². The average Bonchev–Trinajstić information content (AvgIpc) is 2.19. The molecular formula is C12H22N2O2S. The van der Waals surface area contributed by atoms with Gasteiger partial charge in [0.05, 0.1) is 23.6 Å². The van der Waals surface area contributed by atoms with Gasteiger partial charge in [0.1, 0.15) is 0 Å². The number of amides is 1. The molecule has 0 aromatic carbocycles. The Kier molecular flexibility index (Phi) is 4.89. The van der Waals surface area contributed by atoms with Crippen molar-refractivity contribution < 1.29 is 9.53 Å². The van der Waals surface area contributed by atoms with Crippen LogP contribution < -0.4 is 5.73 Å². The Hall–Kier alpha value is -0.680. The largest absolute Gasteiger partial charge is 0.392 e. The molecule has 0 aromatic heterocycles. The normalized spacial score (nSPS) is 17.6. The van der Waals surface area contributed by atoms with E-state index in [1.54, 1.807) is 12.0 Å². The molecule has 1 amide bonds. The van der Waals surface area contributed by atoms with E-state index in [2.05, 4.69) is 0 Å². The van der Waals surface area contributed by atoms with Crippen LogP contribution in [-0.2, 0) is 9.53 Å². The number of carbonyl (C=O) groups excluding carboxylic acids is 1. The molecule has 1 aliphatic rings. The second-order valence-corrected chi connectivity index (χ2v) is 5.52. The van der Waals surface area contributed by atoms with E-state index in [1.165, 1.54) is 0 Å². The lowest BCUT2D eigenvalue weighted by molar-refractivity contribution is -0.144. The number of rotatable bonds is 6. The molecule has 5 heteroatoms. The SMILES string of the molecule is COC1(CC(=O)N(CC(N)=S)C(C)C)CCC1. The summed E-state index contributed by atoms with van der Waals surface area (Å²) < 4.78 is 5.47. The molecule has 0 heterocycles. The lowest BCUT2D eigenvalue weighted by Crippen LogP contribution is -2.48. The van der Waals surface area contributed by atoms with E-state index in [0.29, 0.717) is 18.0 Å². The van der Waals surface area contributed by atoms with Gasteiger partial charge in [0.25, 0.3) is 0 Å². The molecule has 1 saturated carbocycles. The standard InChI is InChI=1S/C12H22N2O2S/c1-9(2)14(8-10(13)17)11(15)7-12(16-3)5-4-6-12/h9H,4-8H2,1-3H3,(H2,13,17). The summed E-state index contributed by atoms with van der Waals surface area (Å²) in [5.41, 5.74) is 5.28. The van der Waals surface area contributed by atoms with Gasteiger partial charge in [0.15, 0.2) is 0 Å². The molecule has 0 aliphatic heterocycles. The zero-order valence-electron chi connectivity index (χ0n) is 10.9. The topological polar surface area (TPSA) is 55.6 Å². The summed E-state index contributed by atoms with van der Waals surface area (Å²) in [6, 6.07) is 0.109. The van der Waals surface area contributed by atoms with E-state index in [0.717, 1.165) is 19.3 Å². The first-order valence-electron chi connectivity index (χ1n) is 6.03. The predicted molar refractivity (Wildman–Crippen MR) is 71.8 cm³/mol. The minimum Gasteiger partial charge on any atom is -0.392 e. The lowest BCUT2D eigenvalue weighted by atomic mass is 9.77. The van der Waals surface area contributed by atoms with E-state index in [4.69, 9.17) is 22.7 Å². The van der Waals surface area contributed by atoms with Gasteiger partial charge in [0, 0.05) is 13.2 Å². The van der Waals surface area contributed by atoms with Gasteiger partial charge < -0.3 is 15.4 Å². The smallest absolute Gasteiger partial charge is 0.226 e. The summed E-state index contributed by atoms with van der Waals surface area (Å²) in [5.74, 6) is 0.0781. The fourth-order valence-electron chi connectivity index (χ4n) is 2.13. The highest BCUT2D eigenvalue weighted by Crippen LogP contribution is 2.38. The molecule has 1 aliphatic carbocycles. The van der Waals surface area contributed by atoms with Gasteiger partial charge in [-0.05, 0) is 33.1 Å². The van der Waals surface area contributed by atoms with Crippen LogP contribution in [0.15, 0.2) is 0 Å². The molecule has 2 N–H and O–H groups in total. The van der Waals surface area contributed by atoms with Crippen molar-refractivity contribution >= 4 is 23.1 Å². The van der Waals surface area contributed by atoms with Crippen LogP contribution in [0.25, 0.3) is 0 Å². The van der Waals surface area contributed by atoms with Crippen molar-refractivity contribution in [2.75, 3.05) is 13.7 Å². The number of methoxy groups -OCH3 is 1. The Morgan fingerprint density at radius 1 is 1.53 bits per heavy atom. The van der Waals surface area contributed by atoms with Crippen LogP contribution in [0.5, 0.6) is 0 Å². The van der Waals surface area contributed by atoms with Crippen molar-refractivity contribution in [2.45, 2.75) is 51.2 Å². The number of nitrogens with two attached hydrogens (primary N) is 1. The molecule has 0 saturated heterocycles. The van der Waals surface area contributed by atoms with Crippen molar-refractivity contribution in [1.82, 2.24) is 4.90 Å². The summed E-state index contributed by atoms with van der Waals surface area (Å²) in [6.07, 6.45) is 3.50. The third kappa shape index (κ3) is 3.64. The minimum atomic E-state index is -0.236. The summed E-state index contributed by atoms with van der Waals surface area (Å²) in [5, 5.41) is 0. The van der Waals surface area contributed by atoms with Crippen LogP contribution in [0.1, 0.15) is 39.5 Å². The van der Waals surface area contributed by atoms with Gasteiger partial charge in [0.2, 0.25) is 5.91 Å². The van der Waals surface area contributed by atoms with Crippen molar-refractivity contribution in [1.29, 1.82) is 0 Å². The molecule has 4 nitrogen and oxygen atoms in total. The van der Waals surface area contributed by atoms with Crippen molar-refractivity contribution in [3.63, 3.8) is 0 Å². The highest BCUT2D eigenvalue weighted by atomic mass is 32.1. The highest BCUT2D eigenvalue weighted by Gasteiger charge is 2.40. The van der Waals surface area contributed by atoms with Gasteiger partial charge >= 0.3 is 0 Å². The summed E-state index contributed by atoms with van der Waals surface area (Å²) in [7, 11) is 1.68. The number of carbonyl (C=O) groups is 1. The van der Waals surface area contributed by atoms with Gasteiger partial charge in [-0.25, -0.2) is 0 Å². The first kappa shape index (κ1) is 14.4. The van der Waals surface area contributed by atoms with Gasteiger partial charge in [-0.3, -0.25) is 4.79 Å². The maximum atomic E-state index is 12.2. The molecule has 1 fully saturated rings. The second kappa shape index (κ2) is 5.78. The Labute approximate surface area is 108 Å². The maximum Gasteiger partial charge on any atom is 0.226 e. The van der Waals surface area contributed by atoms with E-state index >= 15 is 0 Å². The first-order chi connectivity index (χ1) is 7.90.